The van der Waals surface area contributed by atoms with Gasteiger partial charge in [-0.05, 0) is 48.3 Å². The quantitative estimate of drug-likeness (QED) is 0.267. The average Bonchev–Trinajstić information content (AvgIpc) is 3.47. The van der Waals surface area contributed by atoms with Crippen molar-refractivity contribution >= 4 is 55.0 Å². The molecular formula is C22H19BrF5N7O2S. The highest BCUT2D eigenvalue weighted by molar-refractivity contribution is 9.10. The molecule has 4 rings (SSSR count). The van der Waals surface area contributed by atoms with Crippen molar-refractivity contribution in [1.82, 2.24) is 24.5 Å². The lowest BCUT2D eigenvalue weighted by molar-refractivity contribution is -0.142. The van der Waals surface area contributed by atoms with Gasteiger partial charge in [-0.1, -0.05) is 0 Å². The van der Waals surface area contributed by atoms with Gasteiger partial charge in [0.15, 0.2) is 5.69 Å². The molecule has 2 amide bonds. The van der Waals surface area contributed by atoms with Crippen LogP contribution in [0.2, 0.25) is 0 Å². The maximum Gasteiger partial charge on any atom is 0.436 e. The summed E-state index contributed by atoms with van der Waals surface area (Å²) in [5.74, 6) is -1.78. The topological polar surface area (TPSA) is 121 Å². The van der Waals surface area contributed by atoms with Gasteiger partial charge in [-0.25, -0.2) is 13.8 Å². The van der Waals surface area contributed by atoms with Crippen molar-refractivity contribution in [1.29, 1.82) is 0 Å². The Kier molecular flexibility index (Phi) is 7.31. The molecule has 0 saturated heterocycles. The number of alkyl halides is 5. The SMILES string of the molecule is CCn1cc(-c2cc(C(F)F)nc3sc(C(N)=O)c(NC(=O)Cn4nc(C(F)(F)F)c(Br)c4C)c23)c(C)n1. The molecule has 0 bridgehead atoms. The summed E-state index contributed by atoms with van der Waals surface area (Å²) in [6, 6.07) is 1.15. The number of nitrogens with zero attached hydrogens (tertiary/aromatic N) is 5. The third-order valence-electron chi connectivity index (χ3n) is 5.65. The number of primary amides is 1. The van der Waals surface area contributed by atoms with E-state index in [1.807, 2.05) is 6.92 Å². The second-order valence-electron chi connectivity index (χ2n) is 8.18. The number of carbonyl (C=O) groups excluding carboxylic acids is 2. The monoisotopic (exact) mass is 619 g/mol. The van der Waals surface area contributed by atoms with Crippen LogP contribution < -0.4 is 11.1 Å². The number of nitrogens with one attached hydrogen (secondary N) is 1. The minimum Gasteiger partial charge on any atom is -0.365 e. The molecule has 0 unspecified atom stereocenters. The number of carbonyl (C=O) groups is 2. The Hall–Kier alpha value is -3.40. The molecule has 3 N–H and O–H groups in total. The van der Waals surface area contributed by atoms with Gasteiger partial charge >= 0.3 is 6.18 Å². The van der Waals surface area contributed by atoms with Crippen LogP contribution in [0.25, 0.3) is 21.3 Å². The number of pyridine rings is 1. The molecule has 0 aliphatic carbocycles. The lowest BCUT2D eigenvalue weighted by Gasteiger charge is -2.11. The van der Waals surface area contributed by atoms with E-state index < -0.39 is 42.3 Å². The molecule has 4 heterocycles. The van der Waals surface area contributed by atoms with Gasteiger partial charge in [-0.15, -0.1) is 11.3 Å². The molecular weight excluding hydrogens is 601 g/mol. The number of amides is 2. The first-order chi connectivity index (χ1) is 17.7. The zero-order valence-corrected chi connectivity index (χ0v) is 22.4. The summed E-state index contributed by atoms with van der Waals surface area (Å²) in [4.78, 5) is 29.1. The molecule has 0 saturated carbocycles. The van der Waals surface area contributed by atoms with Crippen molar-refractivity contribution in [2.75, 3.05) is 5.32 Å². The Labute approximate surface area is 223 Å². The maximum atomic E-state index is 13.7. The number of thiophene rings is 1. The molecule has 0 radical (unpaired) electrons. The average molecular weight is 620 g/mol. The first-order valence-electron chi connectivity index (χ1n) is 10.9. The van der Waals surface area contributed by atoms with Crippen LogP contribution in [0.1, 0.15) is 45.8 Å². The molecule has 0 aliphatic heterocycles. The number of nitrogens with two attached hydrogens (primary N) is 1. The summed E-state index contributed by atoms with van der Waals surface area (Å²) in [5, 5.41) is 10.5. The van der Waals surface area contributed by atoms with Gasteiger partial charge in [0.05, 0.1) is 21.5 Å². The van der Waals surface area contributed by atoms with E-state index in [1.54, 1.807) is 17.8 Å². The van der Waals surface area contributed by atoms with E-state index in [1.165, 1.54) is 6.92 Å². The van der Waals surface area contributed by atoms with Gasteiger partial charge in [-0.2, -0.15) is 23.4 Å². The van der Waals surface area contributed by atoms with Crippen LogP contribution in [0.3, 0.4) is 0 Å². The molecule has 4 aromatic rings. The molecule has 202 valence electrons. The van der Waals surface area contributed by atoms with Crippen molar-refractivity contribution in [3.63, 3.8) is 0 Å². The third-order valence-corrected chi connectivity index (χ3v) is 7.70. The van der Waals surface area contributed by atoms with Crippen LogP contribution in [0.4, 0.5) is 27.6 Å². The zero-order chi connectivity index (χ0) is 28.1. The van der Waals surface area contributed by atoms with Gasteiger partial charge in [0.2, 0.25) is 5.91 Å². The van der Waals surface area contributed by atoms with E-state index in [4.69, 9.17) is 5.73 Å². The summed E-state index contributed by atoms with van der Waals surface area (Å²) in [7, 11) is 0. The highest BCUT2D eigenvalue weighted by atomic mass is 79.9. The van der Waals surface area contributed by atoms with Crippen LogP contribution in [0, 0.1) is 13.8 Å². The fraction of sp³-hybridized carbons (Fsp3) is 0.318. The number of hydrogen-bond donors (Lipinski definition) is 2. The highest BCUT2D eigenvalue weighted by Crippen LogP contribution is 2.43. The Morgan fingerprint density at radius 3 is 2.42 bits per heavy atom. The van der Waals surface area contributed by atoms with Crippen molar-refractivity contribution in [2.24, 2.45) is 5.73 Å². The summed E-state index contributed by atoms with van der Waals surface area (Å²) >= 11 is 3.56. The zero-order valence-electron chi connectivity index (χ0n) is 20.0. The molecule has 0 fully saturated rings. The van der Waals surface area contributed by atoms with Crippen molar-refractivity contribution < 1.29 is 31.5 Å². The van der Waals surface area contributed by atoms with Crippen LogP contribution in [0.5, 0.6) is 0 Å². The Morgan fingerprint density at radius 2 is 1.89 bits per heavy atom. The summed E-state index contributed by atoms with van der Waals surface area (Å²) in [5.41, 5.74) is 4.93. The second kappa shape index (κ2) is 10.1. The fourth-order valence-electron chi connectivity index (χ4n) is 3.85. The van der Waals surface area contributed by atoms with Gasteiger partial charge in [0, 0.05) is 23.7 Å². The number of aryl methyl sites for hydroxylation is 2. The molecule has 38 heavy (non-hydrogen) atoms. The van der Waals surface area contributed by atoms with Crippen LogP contribution in [-0.4, -0.2) is 36.4 Å². The number of hydrogen-bond acceptors (Lipinski definition) is 6. The highest BCUT2D eigenvalue weighted by Gasteiger charge is 2.38. The van der Waals surface area contributed by atoms with E-state index in [2.05, 4.69) is 36.4 Å². The fourth-order valence-corrected chi connectivity index (χ4v) is 5.38. The summed E-state index contributed by atoms with van der Waals surface area (Å²) in [6.07, 6.45) is -6.05. The Morgan fingerprint density at radius 1 is 1.21 bits per heavy atom. The van der Waals surface area contributed by atoms with Gasteiger partial charge < -0.3 is 11.1 Å². The van der Waals surface area contributed by atoms with E-state index in [0.717, 1.165) is 10.7 Å². The van der Waals surface area contributed by atoms with Crippen LogP contribution in [0.15, 0.2) is 16.7 Å². The van der Waals surface area contributed by atoms with Crippen molar-refractivity contribution in [3.05, 3.63) is 44.4 Å². The lowest BCUT2D eigenvalue weighted by atomic mass is 10.0. The Balaban J connectivity index is 1.85. The largest absolute Gasteiger partial charge is 0.436 e. The Bertz CT molecular complexity index is 1570. The number of halogens is 6. The standard InChI is InChI=1S/C22H19BrF5N7O2S/c1-4-34-6-11(8(2)32-34)10-5-12(19(24)25)30-21-14(10)16(17(38-21)20(29)37)31-13(36)7-35-9(3)15(23)18(33-35)22(26,27)28/h5-6,19H,4,7H2,1-3H3,(H2,29,37)(H,31,36). The number of rotatable bonds is 7. The summed E-state index contributed by atoms with van der Waals surface area (Å²) in [6.45, 7) is 4.71. The number of anilines is 1. The molecule has 9 nitrogen and oxygen atoms in total. The van der Waals surface area contributed by atoms with Gasteiger partial charge in [0.25, 0.3) is 12.3 Å². The van der Waals surface area contributed by atoms with Crippen LogP contribution >= 0.6 is 27.3 Å². The summed E-state index contributed by atoms with van der Waals surface area (Å²) < 4.78 is 69.2. The maximum absolute atomic E-state index is 13.7. The van der Waals surface area contributed by atoms with Crippen LogP contribution in [-0.2, 0) is 24.1 Å². The smallest absolute Gasteiger partial charge is 0.365 e. The predicted octanol–water partition coefficient (Wildman–Crippen LogP) is 5.45. The second-order valence-corrected chi connectivity index (χ2v) is 9.97. The first-order valence-corrected chi connectivity index (χ1v) is 12.5. The lowest BCUT2D eigenvalue weighted by Crippen LogP contribution is -2.22. The minimum absolute atomic E-state index is 0.0166. The predicted molar refractivity (Wildman–Crippen MR) is 133 cm³/mol. The third kappa shape index (κ3) is 5.01. The molecule has 16 heteroatoms. The molecule has 0 aliphatic rings. The van der Waals surface area contributed by atoms with E-state index in [9.17, 15) is 31.5 Å². The molecule has 0 spiro atoms. The van der Waals surface area contributed by atoms with E-state index >= 15 is 0 Å². The number of aromatic nitrogens is 5. The van der Waals surface area contributed by atoms with E-state index in [-0.39, 0.29) is 36.5 Å². The molecule has 4 aromatic heterocycles. The van der Waals surface area contributed by atoms with E-state index in [0.29, 0.717) is 29.1 Å². The molecule has 0 aromatic carbocycles. The first kappa shape index (κ1) is 27.6. The molecule has 0 atom stereocenters. The van der Waals surface area contributed by atoms with Gasteiger partial charge in [0.1, 0.15) is 21.9 Å². The van der Waals surface area contributed by atoms with Crippen molar-refractivity contribution in [3.8, 4) is 11.1 Å². The normalized spacial score (nSPS) is 12.1. The number of fused-ring (bicyclic) bond motifs is 1. The minimum atomic E-state index is -4.75. The van der Waals surface area contributed by atoms with Crippen molar-refractivity contribution in [2.45, 2.75) is 46.5 Å². The van der Waals surface area contributed by atoms with Gasteiger partial charge in [-0.3, -0.25) is 19.0 Å².